The van der Waals surface area contributed by atoms with Crippen LogP contribution in [0.2, 0.25) is 0 Å². The van der Waals surface area contributed by atoms with Crippen LogP contribution in [0, 0.1) is 0 Å². The Morgan fingerprint density at radius 2 is 2.67 bits per heavy atom. The molecule has 1 N–H and O–H groups in total. The summed E-state index contributed by atoms with van der Waals surface area (Å²) in [5.74, 6) is 0. The summed E-state index contributed by atoms with van der Waals surface area (Å²) < 4.78 is 5.73. The van der Waals surface area contributed by atoms with Crippen LogP contribution in [-0.4, -0.2) is 23.2 Å². The van der Waals surface area contributed by atoms with Gasteiger partial charge < -0.3 is 10.1 Å². The Balaban J connectivity index is 2.22. The average Bonchev–Trinajstić information content (AvgIpc) is 2.17. The Labute approximate surface area is 67.3 Å². The van der Waals surface area contributed by atoms with E-state index in [1.807, 2.05) is 0 Å². The van der Waals surface area contributed by atoms with E-state index >= 15 is 0 Å². The largest absolute Gasteiger partial charge is 0.447 e. The molecule has 1 saturated heterocycles. The van der Waals surface area contributed by atoms with Crippen molar-refractivity contribution in [1.82, 2.24) is 5.32 Å². The van der Waals surface area contributed by atoms with Gasteiger partial charge in [-0.15, -0.1) is 0 Å². The van der Waals surface area contributed by atoms with E-state index in [4.69, 9.17) is 0 Å². The first-order valence-electron chi connectivity index (χ1n) is 2.82. The standard InChI is InChI=1S/C5H8INO2/c6-2-1-4-3-9-5(8)7-4/h4H,1-3H2,(H,7,8)/t4-/m0/s1. The van der Waals surface area contributed by atoms with Gasteiger partial charge in [-0.05, 0) is 6.42 Å². The smallest absolute Gasteiger partial charge is 0.407 e. The molecule has 9 heavy (non-hydrogen) atoms. The van der Waals surface area contributed by atoms with Crippen LogP contribution in [0.25, 0.3) is 0 Å². The van der Waals surface area contributed by atoms with Crippen molar-refractivity contribution in [1.29, 1.82) is 0 Å². The van der Waals surface area contributed by atoms with Crippen molar-refractivity contribution in [3.05, 3.63) is 0 Å². The lowest BCUT2D eigenvalue weighted by Gasteiger charge is -2.00. The molecule has 0 bridgehead atoms. The second kappa shape index (κ2) is 3.24. The highest BCUT2D eigenvalue weighted by atomic mass is 127. The van der Waals surface area contributed by atoms with E-state index in [-0.39, 0.29) is 12.1 Å². The Hall–Kier alpha value is -0.0000000000000000555. The highest BCUT2D eigenvalue weighted by Gasteiger charge is 2.20. The summed E-state index contributed by atoms with van der Waals surface area (Å²) in [6.07, 6.45) is 0.733. The van der Waals surface area contributed by atoms with Crippen LogP contribution >= 0.6 is 22.6 Å². The summed E-state index contributed by atoms with van der Waals surface area (Å²) in [6.45, 7) is 0.543. The molecule has 1 fully saturated rings. The minimum atomic E-state index is -0.273. The van der Waals surface area contributed by atoms with E-state index in [0.29, 0.717) is 6.61 Å². The molecule has 1 aliphatic heterocycles. The van der Waals surface area contributed by atoms with Gasteiger partial charge in [0.2, 0.25) is 0 Å². The number of carbonyl (C=O) groups is 1. The second-order valence-electron chi connectivity index (χ2n) is 1.92. The highest BCUT2D eigenvalue weighted by molar-refractivity contribution is 14.1. The summed E-state index contributed by atoms with van der Waals surface area (Å²) in [6, 6.07) is 0.259. The van der Waals surface area contributed by atoms with Crippen LogP contribution < -0.4 is 5.32 Å². The number of alkyl halides is 1. The minimum Gasteiger partial charge on any atom is -0.447 e. The Morgan fingerprint density at radius 1 is 1.89 bits per heavy atom. The number of nitrogens with one attached hydrogen (secondary N) is 1. The third-order valence-electron chi connectivity index (χ3n) is 1.20. The first kappa shape index (κ1) is 7.11. The predicted molar refractivity (Wildman–Crippen MR) is 41.8 cm³/mol. The lowest BCUT2D eigenvalue weighted by atomic mass is 10.3. The van der Waals surface area contributed by atoms with E-state index in [1.54, 1.807) is 0 Å². The molecule has 0 aliphatic carbocycles. The van der Waals surface area contributed by atoms with Gasteiger partial charge in [-0.3, -0.25) is 0 Å². The van der Waals surface area contributed by atoms with E-state index in [9.17, 15) is 4.79 Å². The van der Waals surface area contributed by atoms with Gasteiger partial charge >= 0.3 is 6.09 Å². The van der Waals surface area contributed by atoms with Crippen molar-refractivity contribution in [2.75, 3.05) is 11.0 Å². The van der Waals surface area contributed by atoms with Crippen LogP contribution in [0.1, 0.15) is 6.42 Å². The van der Waals surface area contributed by atoms with E-state index < -0.39 is 0 Å². The Kier molecular flexibility index (Phi) is 2.56. The lowest BCUT2D eigenvalue weighted by Crippen LogP contribution is -2.26. The molecule has 0 aromatic rings. The van der Waals surface area contributed by atoms with Gasteiger partial charge in [-0.1, -0.05) is 22.6 Å². The van der Waals surface area contributed by atoms with E-state index in [2.05, 4.69) is 32.6 Å². The van der Waals surface area contributed by atoms with Crippen LogP contribution in [0.15, 0.2) is 0 Å². The fourth-order valence-corrected chi connectivity index (χ4v) is 1.47. The number of ether oxygens (including phenoxy) is 1. The van der Waals surface area contributed by atoms with Crippen LogP contribution in [-0.2, 0) is 4.74 Å². The van der Waals surface area contributed by atoms with Crippen molar-refractivity contribution >= 4 is 28.7 Å². The molecule has 1 aliphatic rings. The fraction of sp³-hybridized carbons (Fsp3) is 0.800. The van der Waals surface area contributed by atoms with Gasteiger partial charge in [-0.25, -0.2) is 4.79 Å². The van der Waals surface area contributed by atoms with Gasteiger partial charge in [0, 0.05) is 4.43 Å². The van der Waals surface area contributed by atoms with E-state index in [1.165, 1.54) is 0 Å². The van der Waals surface area contributed by atoms with Crippen LogP contribution in [0.4, 0.5) is 4.79 Å². The fourth-order valence-electron chi connectivity index (χ4n) is 0.713. The number of carbonyl (C=O) groups excluding carboxylic acids is 1. The molecule has 3 nitrogen and oxygen atoms in total. The summed E-state index contributed by atoms with van der Waals surface area (Å²) in [5, 5.41) is 2.69. The minimum absolute atomic E-state index is 0.259. The average molecular weight is 241 g/mol. The molecule has 1 amide bonds. The SMILES string of the molecule is O=C1N[C@@H](CCI)CO1. The zero-order valence-electron chi connectivity index (χ0n) is 4.89. The van der Waals surface area contributed by atoms with Crippen molar-refractivity contribution in [3.8, 4) is 0 Å². The van der Waals surface area contributed by atoms with Gasteiger partial charge in [0.25, 0.3) is 0 Å². The molecule has 0 radical (unpaired) electrons. The van der Waals surface area contributed by atoms with Gasteiger partial charge in [0.1, 0.15) is 6.61 Å². The number of alkyl carbamates (subject to hydrolysis) is 1. The van der Waals surface area contributed by atoms with Crippen molar-refractivity contribution in [2.45, 2.75) is 12.5 Å². The van der Waals surface area contributed by atoms with Gasteiger partial charge in [0.05, 0.1) is 6.04 Å². The third kappa shape index (κ3) is 2.00. The summed E-state index contributed by atoms with van der Waals surface area (Å²) in [4.78, 5) is 10.4. The van der Waals surface area contributed by atoms with Gasteiger partial charge in [0.15, 0.2) is 0 Å². The second-order valence-corrected chi connectivity index (χ2v) is 3.00. The number of cyclic esters (lactones) is 1. The molecule has 4 heteroatoms. The first-order chi connectivity index (χ1) is 4.33. The van der Waals surface area contributed by atoms with Crippen molar-refractivity contribution in [3.63, 3.8) is 0 Å². The molecule has 0 saturated carbocycles. The number of hydrogen-bond acceptors (Lipinski definition) is 2. The summed E-state index contributed by atoms with van der Waals surface area (Å²) >= 11 is 2.28. The molecular formula is C5H8INO2. The molecule has 0 aromatic carbocycles. The van der Waals surface area contributed by atoms with Crippen molar-refractivity contribution < 1.29 is 9.53 Å². The molecule has 0 spiro atoms. The Bertz CT molecular complexity index is 118. The zero-order valence-corrected chi connectivity index (χ0v) is 7.05. The lowest BCUT2D eigenvalue weighted by molar-refractivity contribution is 0.176. The van der Waals surface area contributed by atoms with Gasteiger partial charge in [-0.2, -0.15) is 0 Å². The van der Waals surface area contributed by atoms with E-state index in [0.717, 1.165) is 10.8 Å². The molecule has 1 rings (SSSR count). The maximum atomic E-state index is 10.4. The molecule has 0 aromatic heterocycles. The maximum absolute atomic E-state index is 10.4. The molecule has 1 atom stereocenters. The Morgan fingerprint density at radius 3 is 3.11 bits per heavy atom. The quantitative estimate of drug-likeness (QED) is 0.576. The normalized spacial score (nSPS) is 25.4. The highest BCUT2D eigenvalue weighted by Crippen LogP contribution is 2.03. The molecule has 1 heterocycles. The van der Waals surface area contributed by atoms with Crippen LogP contribution in [0.5, 0.6) is 0 Å². The maximum Gasteiger partial charge on any atom is 0.407 e. The number of amides is 1. The number of hydrogen-bond donors (Lipinski definition) is 1. The summed E-state index contributed by atoms with van der Waals surface area (Å²) in [7, 11) is 0. The number of rotatable bonds is 2. The topological polar surface area (TPSA) is 38.3 Å². The zero-order chi connectivity index (χ0) is 6.69. The molecular weight excluding hydrogens is 233 g/mol. The van der Waals surface area contributed by atoms with Crippen LogP contribution in [0.3, 0.4) is 0 Å². The van der Waals surface area contributed by atoms with Crippen molar-refractivity contribution in [2.24, 2.45) is 0 Å². The third-order valence-corrected chi connectivity index (χ3v) is 1.82. The molecule has 0 unspecified atom stereocenters. The number of halogens is 1. The molecule has 52 valence electrons. The monoisotopic (exact) mass is 241 g/mol. The first-order valence-corrected chi connectivity index (χ1v) is 4.34. The predicted octanol–water partition coefficient (Wildman–Crippen LogP) is 0.920. The summed E-state index contributed by atoms with van der Waals surface area (Å²) in [5.41, 5.74) is 0.